The lowest BCUT2D eigenvalue weighted by Crippen LogP contribution is -2.37. The Labute approximate surface area is 149 Å². The van der Waals surface area contributed by atoms with Crippen LogP contribution in [0.1, 0.15) is 35.6 Å². The van der Waals surface area contributed by atoms with Gasteiger partial charge in [0, 0.05) is 31.9 Å². The first kappa shape index (κ1) is 18.9. The van der Waals surface area contributed by atoms with Crippen molar-refractivity contribution in [1.82, 2.24) is 14.9 Å². The number of ether oxygens (including phenoxy) is 1. The van der Waals surface area contributed by atoms with Gasteiger partial charge < -0.3 is 15.0 Å². The molecule has 25 heavy (non-hydrogen) atoms. The van der Waals surface area contributed by atoms with Crippen LogP contribution in [-0.4, -0.2) is 47.1 Å². The second-order valence-electron chi connectivity index (χ2n) is 6.15. The number of hydrogen-bond acceptors (Lipinski definition) is 5. The first-order valence-electron chi connectivity index (χ1n) is 8.44. The van der Waals surface area contributed by atoms with E-state index >= 15 is 0 Å². The topological polar surface area (TPSA) is 67.3 Å². The fourth-order valence-corrected chi connectivity index (χ4v) is 2.44. The SMILES string of the molecule is COCCNc1nc(C)cc(C(=O)N(Cc2ccccc2)C(C)C)n1. The van der Waals surface area contributed by atoms with E-state index < -0.39 is 0 Å². The minimum atomic E-state index is -0.0980. The van der Waals surface area contributed by atoms with Crippen molar-refractivity contribution < 1.29 is 9.53 Å². The molecule has 1 amide bonds. The summed E-state index contributed by atoms with van der Waals surface area (Å²) < 4.78 is 5.01. The molecule has 0 spiro atoms. The molecule has 0 unspecified atom stereocenters. The van der Waals surface area contributed by atoms with E-state index in [1.165, 1.54) is 0 Å². The maximum Gasteiger partial charge on any atom is 0.273 e. The number of hydrogen-bond donors (Lipinski definition) is 1. The first-order chi connectivity index (χ1) is 12.0. The fraction of sp³-hybridized carbons (Fsp3) is 0.421. The van der Waals surface area contributed by atoms with E-state index in [4.69, 9.17) is 4.74 Å². The molecule has 1 aromatic heterocycles. The van der Waals surface area contributed by atoms with Crippen LogP contribution in [-0.2, 0) is 11.3 Å². The molecule has 0 atom stereocenters. The lowest BCUT2D eigenvalue weighted by atomic mass is 10.1. The zero-order chi connectivity index (χ0) is 18.2. The third-order valence-corrected chi connectivity index (χ3v) is 3.74. The van der Waals surface area contributed by atoms with Gasteiger partial charge in [0.15, 0.2) is 0 Å². The number of carbonyl (C=O) groups is 1. The van der Waals surface area contributed by atoms with E-state index in [1.54, 1.807) is 13.2 Å². The predicted octanol–water partition coefficient (Wildman–Crippen LogP) is 2.89. The van der Waals surface area contributed by atoms with Gasteiger partial charge in [-0.15, -0.1) is 0 Å². The summed E-state index contributed by atoms with van der Waals surface area (Å²) in [6.07, 6.45) is 0. The summed E-state index contributed by atoms with van der Waals surface area (Å²) in [6, 6.07) is 11.8. The normalized spacial score (nSPS) is 10.8. The van der Waals surface area contributed by atoms with Crippen molar-refractivity contribution >= 4 is 11.9 Å². The van der Waals surface area contributed by atoms with Crippen molar-refractivity contribution in [2.75, 3.05) is 25.6 Å². The minimum Gasteiger partial charge on any atom is -0.383 e. The van der Waals surface area contributed by atoms with Gasteiger partial charge >= 0.3 is 0 Å². The van der Waals surface area contributed by atoms with E-state index in [1.807, 2.05) is 56.0 Å². The number of amides is 1. The minimum absolute atomic E-state index is 0.0629. The first-order valence-corrected chi connectivity index (χ1v) is 8.44. The van der Waals surface area contributed by atoms with Gasteiger partial charge in [-0.2, -0.15) is 0 Å². The summed E-state index contributed by atoms with van der Waals surface area (Å²) in [5, 5.41) is 3.08. The molecule has 1 aromatic carbocycles. The zero-order valence-corrected chi connectivity index (χ0v) is 15.3. The molecule has 0 fully saturated rings. The van der Waals surface area contributed by atoms with Gasteiger partial charge in [0.1, 0.15) is 5.69 Å². The Kier molecular flexibility index (Phi) is 6.89. The van der Waals surface area contributed by atoms with Gasteiger partial charge in [0.05, 0.1) is 6.61 Å². The van der Waals surface area contributed by atoms with Crippen LogP contribution < -0.4 is 5.32 Å². The number of aryl methyl sites for hydroxylation is 1. The predicted molar refractivity (Wildman–Crippen MR) is 98.6 cm³/mol. The largest absolute Gasteiger partial charge is 0.383 e. The molecule has 6 heteroatoms. The Bertz CT molecular complexity index is 689. The number of rotatable bonds is 8. The summed E-state index contributed by atoms with van der Waals surface area (Å²) in [4.78, 5) is 23.5. The standard InChI is InChI=1S/C19H26N4O2/c1-14(2)23(13-16-8-6-5-7-9-16)18(24)17-12-15(3)21-19(22-17)20-10-11-25-4/h5-9,12,14H,10-11,13H2,1-4H3,(H,20,21,22). The maximum atomic E-state index is 13.0. The molecular formula is C19H26N4O2. The summed E-state index contributed by atoms with van der Waals surface area (Å²) in [6.45, 7) is 7.56. The van der Waals surface area contributed by atoms with Crippen molar-refractivity contribution in [2.24, 2.45) is 0 Å². The highest BCUT2D eigenvalue weighted by molar-refractivity contribution is 5.92. The molecule has 2 aromatic rings. The molecule has 6 nitrogen and oxygen atoms in total. The molecule has 0 saturated carbocycles. The molecule has 0 aliphatic carbocycles. The highest BCUT2D eigenvalue weighted by atomic mass is 16.5. The van der Waals surface area contributed by atoms with Gasteiger partial charge in [-0.25, -0.2) is 9.97 Å². The number of carbonyl (C=O) groups excluding carboxylic acids is 1. The van der Waals surface area contributed by atoms with Gasteiger partial charge in [-0.05, 0) is 32.4 Å². The number of methoxy groups -OCH3 is 1. The van der Waals surface area contributed by atoms with Gasteiger partial charge in [0.25, 0.3) is 5.91 Å². The average molecular weight is 342 g/mol. The van der Waals surface area contributed by atoms with Crippen LogP contribution in [0.5, 0.6) is 0 Å². The van der Waals surface area contributed by atoms with E-state index in [2.05, 4.69) is 15.3 Å². The van der Waals surface area contributed by atoms with Crippen LogP contribution in [0.3, 0.4) is 0 Å². The second kappa shape index (κ2) is 9.13. The molecule has 0 radical (unpaired) electrons. The number of anilines is 1. The highest BCUT2D eigenvalue weighted by Crippen LogP contribution is 2.14. The quantitative estimate of drug-likeness (QED) is 0.747. The summed E-state index contributed by atoms with van der Waals surface area (Å²) in [5.74, 6) is 0.350. The molecule has 0 bridgehead atoms. The summed E-state index contributed by atoms with van der Waals surface area (Å²) in [5.41, 5.74) is 2.24. The van der Waals surface area contributed by atoms with Crippen LogP contribution in [0, 0.1) is 6.92 Å². The van der Waals surface area contributed by atoms with Crippen molar-refractivity contribution in [1.29, 1.82) is 0 Å². The molecule has 0 aliphatic rings. The Morgan fingerprint density at radius 2 is 1.96 bits per heavy atom. The van der Waals surface area contributed by atoms with Crippen LogP contribution in [0.4, 0.5) is 5.95 Å². The lowest BCUT2D eigenvalue weighted by molar-refractivity contribution is 0.0684. The number of nitrogens with one attached hydrogen (secondary N) is 1. The van der Waals surface area contributed by atoms with Crippen molar-refractivity contribution in [3.8, 4) is 0 Å². The Hall–Kier alpha value is -2.47. The van der Waals surface area contributed by atoms with Crippen LogP contribution >= 0.6 is 0 Å². The third-order valence-electron chi connectivity index (χ3n) is 3.74. The number of benzene rings is 1. The molecule has 2 rings (SSSR count). The number of aromatic nitrogens is 2. The van der Waals surface area contributed by atoms with E-state index in [-0.39, 0.29) is 11.9 Å². The van der Waals surface area contributed by atoms with Crippen molar-refractivity contribution in [3.63, 3.8) is 0 Å². The second-order valence-corrected chi connectivity index (χ2v) is 6.15. The van der Waals surface area contributed by atoms with Gasteiger partial charge in [-0.3, -0.25) is 4.79 Å². The Morgan fingerprint density at radius 3 is 2.60 bits per heavy atom. The third kappa shape index (κ3) is 5.53. The van der Waals surface area contributed by atoms with E-state index in [9.17, 15) is 4.79 Å². The van der Waals surface area contributed by atoms with Crippen molar-refractivity contribution in [3.05, 3.63) is 53.3 Å². The molecule has 1 heterocycles. The van der Waals surface area contributed by atoms with Crippen molar-refractivity contribution in [2.45, 2.75) is 33.4 Å². The molecule has 0 aliphatic heterocycles. The van der Waals surface area contributed by atoms with Crippen LogP contribution in [0.25, 0.3) is 0 Å². The fourth-order valence-electron chi connectivity index (χ4n) is 2.44. The Balaban J connectivity index is 2.20. The molecule has 134 valence electrons. The highest BCUT2D eigenvalue weighted by Gasteiger charge is 2.21. The molecule has 0 saturated heterocycles. The van der Waals surface area contributed by atoms with Gasteiger partial charge in [-0.1, -0.05) is 30.3 Å². The molecular weight excluding hydrogens is 316 g/mol. The lowest BCUT2D eigenvalue weighted by Gasteiger charge is -2.26. The zero-order valence-electron chi connectivity index (χ0n) is 15.3. The Morgan fingerprint density at radius 1 is 1.24 bits per heavy atom. The summed E-state index contributed by atoms with van der Waals surface area (Å²) in [7, 11) is 1.64. The molecule has 1 N–H and O–H groups in total. The maximum absolute atomic E-state index is 13.0. The smallest absolute Gasteiger partial charge is 0.273 e. The van der Waals surface area contributed by atoms with Gasteiger partial charge in [0.2, 0.25) is 5.95 Å². The van der Waals surface area contributed by atoms with E-state index in [0.717, 1.165) is 11.3 Å². The van der Waals surface area contributed by atoms with E-state index in [0.29, 0.717) is 31.3 Å². The average Bonchev–Trinajstić information content (AvgIpc) is 2.59. The monoisotopic (exact) mass is 342 g/mol. The van der Waals surface area contributed by atoms with Crippen LogP contribution in [0.15, 0.2) is 36.4 Å². The number of nitrogens with zero attached hydrogens (tertiary/aromatic N) is 3. The van der Waals surface area contributed by atoms with Crippen LogP contribution in [0.2, 0.25) is 0 Å². The summed E-state index contributed by atoms with van der Waals surface area (Å²) >= 11 is 0.